The molecule has 2 heterocycles. The van der Waals surface area contributed by atoms with Crippen LogP contribution in [0.2, 0.25) is 0 Å². The predicted octanol–water partition coefficient (Wildman–Crippen LogP) is 3.73. The Morgan fingerprint density at radius 1 is 1.23 bits per heavy atom. The number of ether oxygens (including phenoxy) is 2. The van der Waals surface area contributed by atoms with E-state index in [0.717, 1.165) is 24.6 Å². The van der Waals surface area contributed by atoms with Crippen LogP contribution in [-0.4, -0.2) is 42.1 Å². The molecule has 1 atom stereocenters. The molecule has 1 saturated heterocycles. The van der Waals surface area contributed by atoms with Gasteiger partial charge in [-0.1, -0.05) is 12.0 Å². The second kappa shape index (κ2) is 7.62. The lowest BCUT2D eigenvalue weighted by atomic mass is 9.87. The molecule has 1 aliphatic heterocycles. The van der Waals surface area contributed by atoms with Crippen molar-refractivity contribution in [1.82, 2.24) is 9.88 Å². The fraction of sp³-hybridized carbons (Fsp3) is 0.524. The standard InChI is InChI=1S/C21H26N2O3/c1-25-21(24)17-6-8-20(22-14-17)26-19-7-5-15-9-11-23(18-3-2-4-18)12-10-16(15)13-19/h6-8,13-15,18H,2-5,9-12H2,1H3. The van der Waals surface area contributed by atoms with Gasteiger partial charge in [0.05, 0.1) is 12.7 Å². The molecule has 0 radical (unpaired) electrons. The Bertz CT molecular complexity index is 719. The number of hydrogen-bond acceptors (Lipinski definition) is 5. The van der Waals surface area contributed by atoms with E-state index < -0.39 is 0 Å². The first-order chi connectivity index (χ1) is 12.7. The third-order valence-electron chi connectivity index (χ3n) is 5.88. The number of likely N-dealkylation sites (tertiary alicyclic amines) is 1. The molecule has 138 valence electrons. The summed E-state index contributed by atoms with van der Waals surface area (Å²) in [6.45, 7) is 2.40. The molecule has 2 aliphatic carbocycles. The number of esters is 1. The maximum absolute atomic E-state index is 11.5. The van der Waals surface area contributed by atoms with Gasteiger partial charge in [0, 0.05) is 24.8 Å². The van der Waals surface area contributed by atoms with E-state index in [9.17, 15) is 4.79 Å². The number of aromatic nitrogens is 1. The van der Waals surface area contributed by atoms with Crippen molar-refractivity contribution in [1.29, 1.82) is 0 Å². The Hall–Kier alpha value is -2.14. The maximum Gasteiger partial charge on any atom is 0.339 e. The lowest BCUT2D eigenvalue weighted by Gasteiger charge is -2.36. The van der Waals surface area contributed by atoms with Crippen molar-refractivity contribution >= 4 is 5.97 Å². The average molecular weight is 354 g/mol. The number of allylic oxidation sites excluding steroid dienone is 2. The Morgan fingerprint density at radius 3 is 2.81 bits per heavy atom. The molecule has 1 aromatic heterocycles. The van der Waals surface area contributed by atoms with Crippen molar-refractivity contribution in [3.63, 3.8) is 0 Å². The molecule has 26 heavy (non-hydrogen) atoms. The minimum atomic E-state index is -0.389. The summed E-state index contributed by atoms with van der Waals surface area (Å²) in [7, 11) is 1.36. The van der Waals surface area contributed by atoms with Gasteiger partial charge in [-0.05, 0) is 62.8 Å². The van der Waals surface area contributed by atoms with Gasteiger partial charge in [0.2, 0.25) is 5.88 Å². The number of carbonyl (C=O) groups is 1. The molecule has 0 amide bonds. The van der Waals surface area contributed by atoms with Crippen LogP contribution < -0.4 is 4.74 Å². The molecule has 0 spiro atoms. The summed E-state index contributed by atoms with van der Waals surface area (Å²) in [5.74, 6) is 1.64. The summed E-state index contributed by atoms with van der Waals surface area (Å²) in [5.41, 5.74) is 1.94. The zero-order valence-electron chi connectivity index (χ0n) is 15.3. The summed E-state index contributed by atoms with van der Waals surface area (Å²) in [6.07, 6.45) is 13.4. The zero-order valence-corrected chi connectivity index (χ0v) is 15.3. The number of nitrogens with zero attached hydrogens (tertiary/aromatic N) is 2. The molecular formula is C21H26N2O3. The number of hydrogen-bond donors (Lipinski definition) is 0. The highest BCUT2D eigenvalue weighted by Gasteiger charge is 2.29. The van der Waals surface area contributed by atoms with Gasteiger partial charge in [0.25, 0.3) is 0 Å². The van der Waals surface area contributed by atoms with Crippen LogP contribution in [0.1, 0.15) is 48.9 Å². The van der Waals surface area contributed by atoms with Gasteiger partial charge in [0.1, 0.15) is 5.76 Å². The Morgan fingerprint density at radius 2 is 2.12 bits per heavy atom. The molecule has 1 unspecified atom stereocenters. The topological polar surface area (TPSA) is 51.7 Å². The van der Waals surface area contributed by atoms with E-state index >= 15 is 0 Å². The molecule has 0 N–H and O–H groups in total. The Labute approximate surface area is 154 Å². The van der Waals surface area contributed by atoms with Crippen LogP contribution in [0.3, 0.4) is 0 Å². The highest BCUT2D eigenvalue weighted by atomic mass is 16.5. The fourth-order valence-electron chi connectivity index (χ4n) is 4.04. The van der Waals surface area contributed by atoms with Crippen molar-refractivity contribution < 1.29 is 14.3 Å². The van der Waals surface area contributed by atoms with E-state index in [1.807, 2.05) is 0 Å². The predicted molar refractivity (Wildman–Crippen MR) is 98.9 cm³/mol. The highest BCUT2D eigenvalue weighted by Crippen LogP contribution is 2.35. The minimum absolute atomic E-state index is 0.389. The zero-order chi connectivity index (χ0) is 17.9. The van der Waals surface area contributed by atoms with Crippen LogP contribution in [-0.2, 0) is 4.74 Å². The van der Waals surface area contributed by atoms with E-state index in [-0.39, 0.29) is 5.97 Å². The van der Waals surface area contributed by atoms with Crippen molar-refractivity contribution in [3.05, 3.63) is 47.4 Å². The quantitative estimate of drug-likeness (QED) is 0.771. The van der Waals surface area contributed by atoms with Gasteiger partial charge >= 0.3 is 5.97 Å². The molecule has 0 bridgehead atoms. The first-order valence-corrected chi connectivity index (χ1v) is 9.60. The molecular weight excluding hydrogens is 328 g/mol. The molecule has 5 nitrogen and oxygen atoms in total. The van der Waals surface area contributed by atoms with E-state index in [2.05, 4.69) is 22.0 Å². The van der Waals surface area contributed by atoms with Crippen LogP contribution in [0.4, 0.5) is 0 Å². The van der Waals surface area contributed by atoms with Gasteiger partial charge in [-0.25, -0.2) is 9.78 Å². The maximum atomic E-state index is 11.5. The van der Waals surface area contributed by atoms with Crippen LogP contribution in [0.15, 0.2) is 41.8 Å². The summed E-state index contributed by atoms with van der Waals surface area (Å²) in [4.78, 5) is 18.4. The van der Waals surface area contributed by atoms with Gasteiger partial charge in [-0.3, -0.25) is 0 Å². The van der Waals surface area contributed by atoms with E-state index in [4.69, 9.17) is 9.47 Å². The minimum Gasteiger partial charge on any atom is -0.465 e. The smallest absolute Gasteiger partial charge is 0.339 e. The lowest BCUT2D eigenvalue weighted by molar-refractivity contribution is 0.0600. The Balaban J connectivity index is 1.39. The number of pyridine rings is 1. The van der Waals surface area contributed by atoms with Gasteiger partial charge in [0.15, 0.2) is 0 Å². The van der Waals surface area contributed by atoms with Crippen molar-refractivity contribution in [2.45, 2.75) is 44.6 Å². The van der Waals surface area contributed by atoms with Crippen LogP contribution in [0.5, 0.6) is 5.88 Å². The van der Waals surface area contributed by atoms with Crippen molar-refractivity contribution in [2.24, 2.45) is 5.92 Å². The molecule has 1 aromatic rings. The highest BCUT2D eigenvalue weighted by molar-refractivity contribution is 5.88. The van der Waals surface area contributed by atoms with Crippen molar-refractivity contribution in [3.8, 4) is 5.88 Å². The lowest BCUT2D eigenvalue weighted by Crippen LogP contribution is -2.40. The van der Waals surface area contributed by atoms with Gasteiger partial charge < -0.3 is 14.4 Å². The molecule has 5 heteroatoms. The third-order valence-corrected chi connectivity index (χ3v) is 5.88. The van der Waals surface area contributed by atoms with Crippen LogP contribution in [0, 0.1) is 5.92 Å². The third kappa shape index (κ3) is 3.68. The van der Waals surface area contributed by atoms with Gasteiger partial charge in [-0.15, -0.1) is 0 Å². The number of rotatable bonds is 4. The molecule has 0 aromatic carbocycles. The molecule has 2 fully saturated rings. The first kappa shape index (κ1) is 17.3. The average Bonchev–Trinajstić information content (AvgIpc) is 2.83. The SMILES string of the molecule is COC(=O)c1ccc(OC2=CCC3CCN(C4CCC4)CCC3=C2)nc1. The Kier molecular flexibility index (Phi) is 5.07. The largest absolute Gasteiger partial charge is 0.465 e. The van der Waals surface area contributed by atoms with Crippen LogP contribution >= 0.6 is 0 Å². The second-order valence-electron chi connectivity index (χ2n) is 7.40. The number of methoxy groups -OCH3 is 1. The van der Waals surface area contributed by atoms with Crippen molar-refractivity contribution in [2.75, 3.05) is 20.2 Å². The summed E-state index contributed by atoms with van der Waals surface area (Å²) in [5, 5.41) is 0. The summed E-state index contributed by atoms with van der Waals surface area (Å²) >= 11 is 0. The fourth-order valence-corrected chi connectivity index (χ4v) is 4.04. The van der Waals surface area contributed by atoms with E-state index in [0.29, 0.717) is 17.4 Å². The monoisotopic (exact) mass is 354 g/mol. The normalized spacial score (nSPS) is 23.8. The molecule has 1 saturated carbocycles. The van der Waals surface area contributed by atoms with E-state index in [1.165, 1.54) is 57.7 Å². The van der Waals surface area contributed by atoms with Gasteiger partial charge in [-0.2, -0.15) is 0 Å². The molecule has 3 aliphatic rings. The molecule has 4 rings (SSSR count). The van der Waals surface area contributed by atoms with E-state index in [1.54, 1.807) is 12.1 Å². The number of carbonyl (C=O) groups excluding carboxylic acids is 1. The summed E-state index contributed by atoms with van der Waals surface area (Å²) < 4.78 is 10.6. The first-order valence-electron chi connectivity index (χ1n) is 9.60. The number of fused-ring (bicyclic) bond motifs is 1. The second-order valence-corrected chi connectivity index (χ2v) is 7.40. The summed E-state index contributed by atoms with van der Waals surface area (Å²) in [6, 6.07) is 4.22. The van der Waals surface area contributed by atoms with Crippen LogP contribution in [0.25, 0.3) is 0 Å².